The van der Waals surface area contributed by atoms with E-state index in [1.807, 2.05) is 38.1 Å². The Morgan fingerprint density at radius 1 is 1.14 bits per heavy atom. The average molecular weight is 598 g/mol. The second kappa shape index (κ2) is 9.10. The fraction of sp³-hybridized carbons (Fsp3) is 0.514. The van der Waals surface area contributed by atoms with Gasteiger partial charge in [0, 0.05) is 45.6 Å². The second-order valence-electron chi connectivity index (χ2n) is 14.3. The summed E-state index contributed by atoms with van der Waals surface area (Å²) < 4.78 is 19.5. The molecule has 3 fully saturated rings. The van der Waals surface area contributed by atoms with Crippen molar-refractivity contribution in [1.82, 2.24) is 15.3 Å². The van der Waals surface area contributed by atoms with E-state index >= 15 is 0 Å². The fourth-order valence-corrected chi connectivity index (χ4v) is 9.51. The largest absolute Gasteiger partial charge is 0.382 e. The number of amides is 1. The summed E-state index contributed by atoms with van der Waals surface area (Å²) in [5.74, 6) is -1.60. The van der Waals surface area contributed by atoms with Crippen LogP contribution in [0, 0.1) is 11.3 Å². The molecule has 2 bridgehead atoms. The number of aliphatic hydroxyl groups is 1. The van der Waals surface area contributed by atoms with Crippen molar-refractivity contribution >= 4 is 22.6 Å². The van der Waals surface area contributed by atoms with Crippen LogP contribution >= 0.6 is 0 Å². The predicted molar refractivity (Wildman–Crippen MR) is 161 cm³/mol. The molecule has 2 saturated carbocycles. The minimum atomic E-state index is -1.66. The minimum Gasteiger partial charge on any atom is -0.382 e. The molecule has 2 aliphatic heterocycles. The highest BCUT2D eigenvalue weighted by molar-refractivity contribution is 5.97. The molecule has 3 aromatic rings. The van der Waals surface area contributed by atoms with Crippen molar-refractivity contribution in [2.75, 3.05) is 6.61 Å². The Labute approximate surface area is 256 Å². The molecule has 230 valence electrons. The number of aromatic amines is 1. The van der Waals surface area contributed by atoms with Crippen LogP contribution in [0.5, 0.6) is 0 Å². The van der Waals surface area contributed by atoms with E-state index < -0.39 is 40.0 Å². The summed E-state index contributed by atoms with van der Waals surface area (Å²) in [4.78, 5) is 34.6. The standard InChI is InChI=1S/C35H39N3O6/c1-31(2)30-25(39)17-26-34(43-30,44-31)13-12-32(3)33(4)20(15-23-22-10-5-6-11-24(22)38-29(23)33)16-27(35(26,32)41)42-19-28(40)37-18-21-9-7-8-14-36-21/h5-11,14,17,20,27,30,38,41H,12-13,15-16,18-19H2,1-4H3,(H,37,40)/t20-,27+,30?,32?,33-,34+,35+/m1/s1. The Morgan fingerprint density at radius 3 is 2.73 bits per heavy atom. The van der Waals surface area contributed by atoms with Crippen LogP contribution in [0.4, 0.5) is 0 Å². The fourth-order valence-electron chi connectivity index (χ4n) is 9.51. The second-order valence-corrected chi connectivity index (χ2v) is 14.3. The maximum atomic E-state index is 13.5. The van der Waals surface area contributed by atoms with E-state index in [1.54, 1.807) is 12.3 Å². The van der Waals surface area contributed by atoms with Crippen LogP contribution in [0.2, 0.25) is 0 Å². The third-order valence-corrected chi connectivity index (χ3v) is 11.8. The number of hydrogen-bond donors (Lipinski definition) is 3. The number of para-hydroxylation sites is 1. The number of nitrogens with one attached hydrogen (secondary N) is 2. The third kappa shape index (κ3) is 3.47. The van der Waals surface area contributed by atoms with E-state index in [1.165, 1.54) is 10.9 Å². The maximum absolute atomic E-state index is 13.5. The van der Waals surface area contributed by atoms with Gasteiger partial charge in [-0.15, -0.1) is 0 Å². The van der Waals surface area contributed by atoms with E-state index in [0.717, 1.165) is 23.3 Å². The van der Waals surface area contributed by atoms with Crippen LogP contribution < -0.4 is 5.32 Å². The van der Waals surface area contributed by atoms with E-state index in [0.29, 0.717) is 24.8 Å². The Balaban J connectivity index is 1.20. The van der Waals surface area contributed by atoms with E-state index in [2.05, 4.69) is 47.3 Å². The molecule has 9 nitrogen and oxygen atoms in total. The number of fused-ring (bicyclic) bond motifs is 9. The van der Waals surface area contributed by atoms with Gasteiger partial charge >= 0.3 is 0 Å². The number of hydrogen-bond acceptors (Lipinski definition) is 7. The molecule has 3 N–H and O–H groups in total. The molecule has 3 aliphatic carbocycles. The minimum absolute atomic E-state index is 0.142. The van der Waals surface area contributed by atoms with Gasteiger partial charge in [0.15, 0.2) is 17.7 Å². The first-order valence-corrected chi connectivity index (χ1v) is 15.7. The third-order valence-electron chi connectivity index (χ3n) is 11.8. The molecule has 1 amide bonds. The molecular formula is C35H39N3O6. The topological polar surface area (TPSA) is 123 Å². The van der Waals surface area contributed by atoms with Crippen molar-refractivity contribution < 1.29 is 28.9 Å². The Hall–Kier alpha value is -3.37. The molecule has 4 heterocycles. The number of ether oxygens (including phenoxy) is 3. The Kier molecular flexibility index (Phi) is 5.82. The van der Waals surface area contributed by atoms with Crippen molar-refractivity contribution in [1.29, 1.82) is 0 Å². The van der Waals surface area contributed by atoms with Crippen LogP contribution in [-0.4, -0.2) is 62.6 Å². The highest BCUT2D eigenvalue weighted by Gasteiger charge is 2.78. The lowest BCUT2D eigenvalue weighted by molar-refractivity contribution is -0.279. The van der Waals surface area contributed by atoms with E-state index in [-0.39, 0.29) is 30.8 Å². The first-order chi connectivity index (χ1) is 20.9. The van der Waals surface area contributed by atoms with Crippen LogP contribution in [0.15, 0.2) is 60.3 Å². The van der Waals surface area contributed by atoms with Crippen molar-refractivity contribution in [3.8, 4) is 0 Å². The molecule has 9 heteroatoms. The van der Waals surface area contributed by atoms with Gasteiger partial charge in [-0.25, -0.2) is 0 Å². The van der Waals surface area contributed by atoms with E-state index in [4.69, 9.17) is 14.2 Å². The summed E-state index contributed by atoms with van der Waals surface area (Å²) >= 11 is 0. The van der Waals surface area contributed by atoms with Gasteiger partial charge in [0.25, 0.3) is 0 Å². The van der Waals surface area contributed by atoms with Crippen molar-refractivity contribution in [2.24, 2.45) is 11.3 Å². The summed E-state index contributed by atoms with van der Waals surface area (Å²) in [6.45, 7) is 8.15. The summed E-state index contributed by atoms with van der Waals surface area (Å²) in [6, 6.07) is 13.9. The quantitative estimate of drug-likeness (QED) is 0.406. The first kappa shape index (κ1) is 28.1. The zero-order valence-corrected chi connectivity index (χ0v) is 25.6. The number of benzene rings is 1. The molecule has 1 aromatic carbocycles. The number of pyridine rings is 1. The number of aromatic nitrogens is 2. The number of rotatable bonds is 5. The average Bonchev–Trinajstić information content (AvgIpc) is 3.59. The van der Waals surface area contributed by atoms with Gasteiger partial charge in [0.1, 0.15) is 17.8 Å². The first-order valence-electron chi connectivity index (χ1n) is 15.7. The molecule has 2 aromatic heterocycles. The van der Waals surface area contributed by atoms with Crippen LogP contribution in [0.25, 0.3) is 10.9 Å². The van der Waals surface area contributed by atoms with E-state index in [9.17, 15) is 14.7 Å². The number of ketones is 1. The Bertz CT molecular complexity index is 1730. The van der Waals surface area contributed by atoms with Gasteiger partial charge in [-0.2, -0.15) is 0 Å². The smallest absolute Gasteiger partial charge is 0.246 e. The van der Waals surface area contributed by atoms with Crippen molar-refractivity contribution in [3.05, 3.63) is 77.3 Å². The number of H-pyrrole nitrogens is 1. The molecule has 1 saturated heterocycles. The number of carbonyl (C=O) groups excluding carboxylic acids is 2. The van der Waals surface area contributed by atoms with Gasteiger partial charge in [-0.3, -0.25) is 14.6 Å². The van der Waals surface area contributed by atoms with Gasteiger partial charge < -0.3 is 29.6 Å². The lowest BCUT2D eigenvalue weighted by Crippen LogP contribution is -2.75. The van der Waals surface area contributed by atoms with Crippen molar-refractivity contribution in [2.45, 2.75) is 94.5 Å². The van der Waals surface area contributed by atoms with Crippen molar-refractivity contribution in [3.63, 3.8) is 0 Å². The normalized spacial score (nSPS) is 38.0. The predicted octanol–water partition coefficient (Wildman–Crippen LogP) is 4.03. The van der Waals surface area contributed by atoms with Crippen LogP contribution in [-0.2, 0) is 42.2 Å². The summed E-state index contributed by atoms with van der Waals surface area (Å²) in [5, 5.41) is 17.5. The molecule has 1 spiro atoms. The summed E-state index contributed by atoms with van der Waals surface area (Å²) in [5.41, 5.74) is 0.898. The highest BCUT2D eigenvalue weighted by atomic mass is 16.8. The monoisotopic (exact) mass is 597 g/mol. The van der Waals surface area contributed by atoms with Gasteiger partial charge in [-0.1, -0.05) is 38.1 Å². The molecule has 7 atom stereocenters. The lowest BCUT2D eigenvalue weighted by atomic mass is 9.41. The number of carbonyl (C=O) groups is 2. The van der Waals surface area contributed by atoms with Crippen LogP contribution in [0.3, 0.4) is 0 Å². The van der Waals surface area contributed by atoms with Crippen LogP contribution in [0.1, 0.15) is 63.9 Å². The molecule has 5 aliphatic rings. The molecule has 8 rings (SSSR count). The molecule has 2 unspecified atom stereocenters. The SMILES string of the molecule is CC1(C)O[C@@]23CCC4(C)[C@@]5(C)c6[nH]c7ccccc7c6C[C@@H]5C[C@H](OCC(=O)NCc5ccccn5)[C@@]4(O)C2=CC(=O)C1O3. The zero-order valence-electron chi connectivity index (χ0n) is 25.6. The Morgan fingerprint density at radius 2 is 1.93 bits per heavy atom. The highest BCUT2D eigenvalue weighted by Crippen LogP contribution is 2.72. The molecule has 0 radical (unpaired) electrons. The lowest BCUT2D eigenvalue weighted by Gasteiger charge is -2.67. The number of nitrogens with zero attached hydrogens (tertiary/aromatic N) is 1. The summed E-state index contributed by atoms with van der Waals surface area (Å²) in [7, 11) is 0. The van der Waals surface area contributed by atoms with Gasteiger partial charge in [-0.05, 0) is 68.9 Å². The molecule has 44 heavy (non-hydrogen) atoms. The zero-order chi connectivity index (χ0) is 30.7. The van der Waals surface area contributed by atoms with Gasteiger partial charge in [0.05, 0.1) is 18.3 Å². The molecular weight excluding hydrogens is 558 g/mol. The van der Waals surface area contributed by atoms with Gasteiger partial charge in [0.2, 0.25) is 5.91 Å². The maximum Gasteiger partial charge on any atom is 0.246 e. The summed E-state index contributed by atoms with van der Waals surface area (Å²) in [6.07, 6.45) is 4.15.